The number of phenols is 1. The highest BCUT2D eigenvalue weighted by Gasteiger charge is 2.21. The number of carbonyl (C=O) groups is 1. The van der Waals surface area contributed by atoms with Crippen molar-refractivity contribution in [3.8, 4) is 17.1 Å². The summed E-state index contributed by atoms with van der Waals surface area (Å²) < 4.78 is 1.99. The van der Waals surface area contributed by atoms with Gasteiger partial charge in [-0.1, -0.05) is 11.8 Å². The summed E-state index contributed by atoms with van der Waals surface area (Å²) in [4.78, 5) is 14.4. The highest BCUT2D eigenvalue weighted by atomic mass is 32.2. The number of aromatic nitrogens is 3. The van der Waals surface area contributed by atoms with E-state index in [-0.39, 0.29) is 23.7 Å². The molecule has 7 heteroatoms. The monoisotopic (exact) mass is 362 g/mol. The number of benzene rings is 1. The second-order valence-corrected chi connectivity index (χ2v) is 7.32. The van der Waals surface area contributed by atoms with Gasteiger partial charge >= 0.3 is 0 Å². The Balaban J connectivity index is 2.16. The van der Waals surface area contributed by atoms with E-state index in [2.05, 4.69) is 10.2 Å². The molecule has 0 bridgehead atoms. The molecule has 136 valence electrons. The van der Waals surface area contributed by atoms with E-state index in [9.17, 15) is 9.90 Å². The Hall–Kier alpha value is -2.02. The third-order valence-corrected chi connectivity index (χ3v) is 4.84. The number of phenolic OH excluding ortho intramolecular Hbond substituents is 1. The minimum absolute atomic E-state index is 0.104. The SMILES string of the molecule is CCn1c(SCC(=O)N(C(C)C)C(C)C)nnc1-c1ccc(O)cc1. The Morgan fingerprint density at radius 1 is 1.16 bits per heavy atom. The van der Waals surface area contributed by atoms with Crippen LogP contribution in [-0.4, -0.2) is 48.5 Å². The molecular formula is C18H26N4O2S. The highest BCUT2D eigenvalue weighted by Crippen LogP contribution is 2.25. The average molecular weight is 362 g/mol. The molecule has 0 unspecified atom stereocenters. The van der Waals surface area contributed by atoms with E-state index >= 15 is 0 Å². The number of rotatable bonds is 7. The fourth-order valence-corrected chi connectivity index (χ4v) is 3.75. The molecule has 1 aromatic heterocycles. The third kappa shape index (κ3) is 4.54. The number of hydrogen-bond donors (Lipinski definition) is 1. The van der Waals surface area contributed by atoms with Gasteiger partial charge in [0, 0.05) is 24.2 Å². The number of nitrogens with zero attached hydrogens (tertiary/aromatic N) is 4. The van der Waals surface area contributed by atoms with Gasteiger partial charge in [-0.3, -0.25) is 4.79 Å². The molecule has 0 aliphatic heterocycles. The molecule has 0 radical (unpaired) electrons. The minimum Gasteiger partial charge on any atom is -0.508 e. The first-order chi connectivity index (χ1) is 11.8. The Bertz CT molecular complexity index is 702. The predicted octanol–water partition coefficient (Wildman–Crippen LogP) is 3.41. The summed E-state index contributed by atoms with van der Waals surface area (Å²) in [5.41, 5.74) is 0.885. The first-order valence-corrected chi connectivity index (χ1v) is 9.50. The molecule has 0 aliphatic carbocycles. The van der Waals surface area contributed by atoms with E-state index in [1.54, 1.807) is 12.1 Å². The normalized spacial score (nSPS) is 11.3. The van der Waals surface area contributed by atoms with Crippen LogP contribution in [0, 0.1) is 0 Å². The molecule has 0 aliphatic rings. The van der Waals surface area contributed by atoms with Gasteiger partial charge in [0.15, 0.2) is 11.0 Å². The molecule has 25 heavy (non-hydrogen) atoms. The number of amides is 1. The van der Waals surface area contributed by atoms with Gasteiger partial charge in [-0.05, 0) is 58.9 Å². The molecule has 1 amide bonds. The van der Waals surface area contributed by atoms with Crippen molar-refractivity contribution in [2.24, 2.45) is 0 Å². The molecule has 2 aromatic rings. The second kappa shape index (κ2) is 8.38. The summed E-state index contributed by atoms with van der Waals surface area (Å²) in [7, 11) is 0. The van der Waals surface area contributed by atoms with Crippen molar-refractivity contribution in [3.05, 3.63) is 24.3 Å². The number of carbonyl (C=O) groups excluding carboxylic acids is 1. The largest absolute Gasteiger partial charge is 0.508 e. The average Bonchev–Trinajstić information content (AvgIpc) is 2.95. The molecule has 0 saturated heterocycles. The number of thioether (sulfide) groups is 1. The summed E-state index contributed by atoms with van der Waals surface area (Å²) in [6.07, 6.45) is 0. The van der Waals surface area contributed by atoms with Gasteiger partial charge in [0.2, 0.25) is 5.91 Å². The van der Waals surface area contributed by atoms with Crippen molar-refractivity contribution in [1.29, 1.82) is 0 Å². The van der Waals surface area contributed by atoms with Crippen molar-refractivity contribution in [1.82, 2.24) is 19.7 Å². The molecule has 0 spiro atoms. The minimum atomic E-state index is 0.104. The van der Waals surface area contributed by atoms with Crippen LogP contribution >= 0.6 is 11.8 Å². The summed E-state index contributed by atoms with van der Waals surface area (Å²) in [5.74, 6) is 1.40. The molecule has 6 nitrogen and oxygen atoms in total. The van der Waals surface area contributed by atoms with E-state index < -0.39 is 0 Å². The summed E-state index contributed by atoms with van der Waals surface area (Å²) >= 11 is 1.41. The van der Waals surface area contributed by atoms with Crippen LogP contribution in [0.2, 0.25) is 0 Å². The topological polar surface area (TPSA) is 71.2 Å². The van der Waals surface area contributed by atoms with Crippen LogP contribution in [-0.2, 0) is 11.3 Å². The Labute approximate surface area is 153 Å². The summed E-state index contributed by atoms with van der Waals surface area (Å²) in [6.45, 7) is 10.8. The lowest BCUT2D eigenvalue weighted by Crippen LogP contribution is -2.43. The maximum absolute atomic E-state index is 12.5. The lowest BCUT2D eigenvalue weighted by atomic mass is 10.2. The zero-order chi connectivity index (χ0) is 18.6. The zero-order valence-corrected chi connectivity index (χ0v) is 16.2. The third-order valence-electron chi connectivity index (χ3n) is 3.88. The molecule has 0 fully saturated rings. The molecule has 1 N–H and O–H groups in total. The summed E-state index contributed by atoms with van der Waals surface area (Å²) in [6, 6.07) is 7.22. The molecule has 1 aromatic carbocycles. The predicted molar refractivity (Wildman–Crippen MR) is 101 cm³/mol. The van der Waals surface area contributed by atoms with E-state index in [0.29, 0.717) is 12.3 Å². The van der Waals surface area contributed by atoms with Gasteiger partial charge in [0.1, 0.15) is 5.75 Å². The summed E-state index contributed by atoms with van der Waals surface area (Å²) in [5, 5.41) is 18.7. The lowest BCUT2D eigenvalue weighted by molar-refractivity contribution is -0.131. The zero-order valence-electron chi connectivity index (χ0n) is 15.4. The standard InChI is InChI=1S/C18H26N4O2S/c1-6-21-17(14-7-9-15(23)10-8-14)19-20-18(21)25-11-16(24)22(12(2)3)13(4)5/h7-10,12-13,23H,6,11H2,1-5H3. The van der Waals surface area contributed by atoms with Crippen LogP contribution < -0.4 is 0 Å². The maximum atomic E-state index is 12.5. The second-order valence-electron chi connectivity index (χ2n) is 6.37. The van der Waals surface area contributed by atoms with Crippen molar-refractivity contribution in [2.75, 3.05) is 5.75 Å². The van der Waals surface area contributed by atoms with E-state index in [0.717, 1.165) is 16.5 Å². The molecule has 2 rings (SSSR count). The first-order valence-electron chi connectivity index (χ1n) is 8.51. The van der Waals surface area contributed by atoms with Gasteiger partial charge in [-0.2, -0.15) is 0 Å². The van der Waals surface area contributed by atoms with Crippen molar-refractivity contribution >= 4 is 17.7 Å². The smallest absolute Gasteiger partial charge is 0.233 e. The van der Waals surface area contributed by atoms with Crippen LogP contribution in [0.3, 0.4) is 0 Å². The number of aromatic hydroxyl groups is 1. The lowest BCUT2D eigenvalue weighted by Gasteiger charge is -2.30. The van der Waals surface area contributed by atoms with Crippen molar-refractivity contribution < 1.29 is 9.90 Å². The molecule has 0 atom stereocenters. The van der Waals surface area contributed by atoms with Crippen molar-refractivity contribution in [3.63, 3.8) is 0 Å². The fourth-order valence-electron chi connectivity index (χ4n) is 2.88. The Morgan fingerprint density at radius 2 is 1.76 bits per heavy atom. The van der Waals surface area contributed by atoms with Gasteiger partial charge < -0.3 is 14.6 Å². The van der Waals surface area contributed by atoms with Gasteiger partial charge in [-0.15, -0.1) is 10.2 Å². The van der Waals surface area contributed by atoms with Crippen LogP contribution in [0.1, 0.15) is 34.6 Å². The van der Waals surface area contributed by atoms with Gasteiger partial charge in [0.25, 0.3) is 0 Å². The maximum Gasteiger partial charge on any atom is 0.233 e. The van der Waals surface area contributed by atoms with E-state index in [1.807, 2.05) is 56.2 Å². The first kappa shape index (κ1) is 19.3. The van der Waals surface area contributed by atoms with Crippen LogP contribution in [0.25, 0.3) is 11.4 Å². The molecular weight excluding hydrogens is 336 g/mol. The van der Waals surface area contributed by atoms with Gasteiger partial charge in [0.05, 0.1) is 5.75 Å². The van der Waals surface area contributed by atoms with E-state index in [1.165, 1.54) is 11.8 Å². The van der Waals surface area contributed by atoms with Crippen LogP contribution in [0.4, 0.5) is 0 Å². The van der Waals surface area contributed by atoms with Crippen LogP contribution in [0.5, 0.6) is 5.75 Å². The number of hydrogen-bond acceptors (Lipinski definition) is 5. The van der Waals surface area contributed by atoms with E-state index in [4.69, 9.17) is 0 Å². The Morgan fingerprint density at radius 3 is 2.28 bits per heavy atom. The van der Waals surface area contributed by atoms with Gasteiger partial charge in [-0.25, -0.2) is 0 Å². The highest BCUT2D eigenvalue weighted by molar-refractivity contribution is 7.99. The molecule has 0 saturated carbocycles. The fraction of sp³-hybridized carbons (Fsp3) is 0.500. The quantitative estimate of drug-likeness (QED) is 0.764. The Kier molecular flexibility index (Phi) is 6.47. The van der Waals surface area contributed by atoms with Crippen molar-refractivity contribution in [2.45, 2.75) is 58.4 Å². The van der Waals surface area contributed by atoms with Crippen LogP contribution in [0.15, 0.2) is 29.4 Å². The molecule has 1 heterocycles.